The number of halogens is 1. The van der Waals surface area contributed by atoms with Gasteiger partial charge in [-0.2, -0.15) is 0 Å². The normalized spacial score (nSPS) is 11.8. The third-order valence-electron chi connectivity index (χ3n) is 2.80. The average molecular weight is 331 g/mol. The zero-order valence-corrected chi connectivity index (χ0v) is 13.3. The quantitative estimate of drug-likeness (QED) is 0.885. The van der Waals surface area contributed by atoms with Crippen LogP contribution in [-0.4, -0.2) is 8.42 Å². The van der Waals surface area contributed by atoms with Crippen molar-refractivity contribution >= 4 is 33.0 Å². The van der Waals surface area contributed by atoms with Crippen molar-refractivity contribution < 1.29 is 8.42 Å². The fourth-order valence-electron chi connectivity index (χ4n) is 1.72. The number of sulfonamides is 1. The maximum absolute atomic E-state index is 12.2. The Labute approximate surface area is 127 Å². The molecule has 0 saturated heterocycles. The third-order valence-corrected chi connectivity index (χ3v) is 6.17. The van der Waals surface area contributed by atoms with Crippen molar-refractivity contribution in [3.8, 4) is 0 Å². The predicted molar refractivity (Wildman–Crippen MR) is 82.4 cm³/mol. The summed E-state index contributed by atoms with van der Waals surface area (Å²) in [5.74, 6) is 0. The van der Waals surface area contributed by atoms with Gasteiger partial charge in [0.25, 0.3) is 0 Å². The van der Waals surface area contributed by atoms with Crippen LogP contribution in [0.2, 0.25) is 5.02 Å². The summed E-state index contributed by atoms with van der Waals surface area (Å²) in [6, 6.07) is 8.73. The molecule has 0 amide bonds. The largest absolute Gasteiger partial charge is 0.326 e. The van der Waals surface area contributed by atoms with Gasteiger partial charge >= 0.3 is 0 Å². The lowest BCUT2D eigenvalue weighted by atomic mass is 10.2. The minimum absolute atomic E-state index is 0.206. The first-order valence-corrected chi connectivity index (χ1v) is 8.63. The highest BCUT2D eigenvalue weighted by Crippen LogP contribution is 2.25. The summed E-state index contributed by atoms with van der Waals surface area (Å²) < 4.78 is 27.3. The second kappa shape index (κ2) is 6.24. The molecular formula is C13H15ClN2O2S2. The van der Waals surface area contributed by atoms with E-state index in [4.69, 9.17) is 17.3 Å². The number of thiophene rings is 1. The molecule has 0 atom stereocenters. The molecule has 108 valence electrons. The van der Waals surface area contributed by atoms with Gasteiger partial charge in [0.1, 0.15) is 4.21 Å². The Morgan fingerprint density at radius 1 is 1.35 bits per heavy atom. The summed E-state index contributed by atoms with van der Waals surface area (Å²) in [6.07, 6.45) is 0. The molecule has 3 N–H and O–H groups in total. The molecule has 0 aliphatic carbocycles. The van der Waals surface area contributed by atoms with Gasteiger partial charge in [-0.15, -0.1) is 11.3 Å². The van der Waals surface area contributed by atoms with Gasteiger partial charge in [0.05, 0.1) is 0 Å². The predicted octanol–water partition coefficient (Wildman–Crippen LogP) is 2.65. The van der Waals surface area contributed by atoms with E-state index in [0.29, 0.717) is 11.6 Å². The molecule has 1 heterocycles. The fourth-order valence-corrected chi connectivity index (χ4v) is 4.46. The van der Waals surface area contributed by atoms with Crippen LogP contribution in [-0.2, 0) is 23.1 Å². The van der Waals surface area contributed by atoms with Gasteiger partial charge in [0.15, 0.2) is 0 Å². The van der Waals surface area contributed by atoms with Gasteiger partial charge in [0.2, 0.25) is 10.0 Å². The smallest absolute Gasteiger partial charge is 0.250 e. The lowest BCUT2D eigenvalue weighted by molar-refractivity contribution is 0.583. The van der Waals surface area contributed by atoms with Crippen molar-refractivity contribution in [2.45, 2.75) is 24.2 Å². The van der Waals surface area contributed by atoms with Gasteiger partial charge in [-0.25, -0.2) is 13.1 Å². The second-order valence-corrected chi connectivity index (χ2v) is 7.90. The van der Waals surface area contributed by atoms with E-state index in [1.807, 2.05) is 13.0 Å². The molecule has 7 heteroatoms. The maximum atomic E-state index is 12.2. The summed E-state index contributed by atoms with van der Waals surface area (Å²) in [4.78, 5) is 0.883. The molecule has 4 nitrogen and oxygen atoms in total. The van der Waals surface area contributed by atoms with Crippen molar-refractivity contribution in [2.75, 3.05) is 0 Å². The first-order valence-electron chi connectivity index (χ1n) is 5.96. The molecule has 20 heavy (non-hydrogen) atoms. The van der Waals surface area contributed by atoms with E-state index in [-0.39, 0.29) is 10.8 Å². The Balaban J connectivity index is 2.15. The third kappa shape index (κ3) is 3.59. The van der Waals surface area contributed by atoms with Gasteiger partial charge in [0, 0.05) is 23.0 Å². The van der Waals surface area contributed by atoms with E-state index < -0.39 is 10.0 Å². The summed E-state index contributed by atoms with van der Waals surface area (Å²) in [5, 5.41) is 0.582. The first kappa shape index (κ1) is 15.5. The van der Waals surface area contributed by atoms with Crippen LogP contribution >= 0.6 is 22.9 Å². The van der Waals surface area contributed by atoms with E-state index in [0.717, 1.165) is 16.0 Å². The van der Waals surface area contributed by atoms with Crippen LogP contribution in [0.4, 0.5) is 0 Å². The molecule has 0 saturated carbocycles. The van der Waals surface area contributed by atoms with Crippen LogP contribution in [0.25, 0.3) is 0 Å². The molecule has 1 aromatic heterocycles. The number of hydrogen-bond donors (Lipinski definition) is 2. The number of benzene rings is 1. The molecule has 2 rings (SSSR count). The molecule has 0 fully saturated rings. The number of aryl methyl sites for hydroxylation is 1. The number of nitrogens with two attached hydrogens (primary N) is 1. The van der Waals surface area contributed by atoms with Crippen LogP contribution < -0.4 is 10.5 Å². The summed E-state index contributed by atoms with van der Waals surface area (Å²) >= 11 is 7.07. The van der Waals surface area contributed by atoms with Crippen LogP contribution in [0, 0.1) is 6.92 Å². The highest BCUT2D eigenvalue weighted by molar-refractivity contribution is 7.91. The zero-order chi connectivity index (χ0) is 14.8. The number of rotatable bonds is 5. The zero-order valence-electron chi connectivity index (χ0n) is 10.9. The molecular weight excluding hydrogens is 316 g/mol. The lowest BCUT2D eigenvalue weighted by Crippen LogP contribution is -2.22. The minimum atomic E-state index is -3.51. The van der Waals surface area contributed by atoms with Crippen LogP contribution in [0.5, 0.6) is 0 Å². The summed E-state index contributed by atoms with van der Waals surface area (Å²) in [6.45, 7) is 2.41. The summed E-state index contributed by atoms with van der Waals surface area (Å²) in [5.41, 5.74) is 7.29. The van der Waals surface area contributed by atoms with Gasteiger partial charge in [-0.1, -0.05) is 23.7 Å². The van der Waals surface area contributed by atoms with Gasteiger partial charge in [-0.05, 0) is 36.2 Å². The number of hydrogen-bond acceptors (Lipinski definition) is 4. The second-order valence-electron chi connectivity index (χ2n) is 4.33. The monoisotopic (exact) mass is 330 g/mol. The summed E-state index contributed by atoms with van der Waals surface area (Å²) in [7, 11) is -3.51. The first-order chi connectivity index (χ1) is 9.42. The highest BCUT2D eigenvalue weighted by Gasteiger charge is 2.18. The average Bonchev–Trinajstić information content (AvgIpc) is 2.79. The minimum Gasteiger partial charge on any atom is -0.326 e. The van der Waals surface area contributed by atoms with Crippen molar-refractivity contribution in [3.05, 3.63) is 51.4 Å². The standard InChI is InChI=1S/C13H15ClN2O2S2/c1-9-5-13(19-12(9)7-15)20(17,18)16-8-10-3-2-4-11(14)6-10/h2-6,16H,7-8,15H2,1H3. The van der Waals surface area contributed by atoms with Gasteiger partial charge in [-0.3, -0.25) is 0 Å². The Bertz CT molecular complexity index is 711. The molecule has 0 aliphatic heterocycles. The molecule has 0 unspecified atom stereocenters. The molecule has 1 aromatic carbocycles. The Hall–Kier alpha value is -0.920. The maximum Gasteiger partial charge on any atom is 0.250 e. The topological polar surface area (TPSA) is 72.2 Å². The van der Waals surface area contributed by atoms with E-state index in [9.17, 15) is 8.42 Å². The molecule has 2 aromatic rings. The SMILES string of the molecule is Cc1cc(S(=O)(=O)NCc2cccc(Cl)c2)sc1CN. The van der Waals surface area contributed by atoms with Gasteiger partial charge < -0.3 is 5.73 Å². The van der Waals surface area contributed by atoms with E-state index in [1.54, 1.807) is 24.3 Å². The Kier molecular flexibility index (Phi) is 4.82. The van der Waals surface area contributed by atoms with Crippen molar-refractivity contribution in [1.29, 1.82) is 0 Å². The fraction of sp³-hybridized carbons (Fsp3) is 0.231. The molecule has 0 spiro atoms. The highest BCUT2D eigenvalue weighted by atomic mass is 35.5. The molecule has 0 aliphatic rings. The van der Waals surface area contributed by atoms with Crippen molar-refractivity contribution in [1.82, 2.24) is 4.72 Å². The van der Waals surface area contributed by atoms with Crippen molar-refractivity contribution in [2.24, 2.45) is 5.73 Å². The molecule has 0 radical (unpaired) electrons. The Morgan fingerprint density at radius 3 is 2.70 bits per heavy atom. The number of nitrogens with one attached hydrogen (secondary N) is 1. The van der Waals surface area contributed by atoms with E-state index in [1.165, 1.54) is 11.3 Å². The Morgan fingerprint density at radius 2 is 2.10 bits per heavy atom. The van der Waals surface area contributed by atoms with Crippen LogP contribution in [0.3, 0.4) is 0 Å². The van der Waals surface area contributed by atoms with E-state index >= 15 is 0 Å². The molecule has 0 bridgehead atoms. The van der Waals surface area contributed by atoms with Crippen LogP contribution in [0.1, 0.15) is 16.0 Å². The van der Waals surface area contributed by atoms with Crippen LogP contribution in [0.15, 0.2) is 34.5 Å². The van der Waals surface area contributed by atoms with E-state index in [2.05, 4.69) is 4.72 Å². The van der Waals surface area contributed by atoms with Crippen molar-refractivity contribution in [3.63, 3.8) is 0 Å². The lowest BCUT2D eigenvalue weighted by Gasteiger charge is -2.05.